The number of hydrogen-bond acceptors (Lipinski definition) is 2. The molecule has 0 bridgehead atoms. The maximum Gasteiger partial charge on any atom is 0.0821 e. The maximum atomic E-state index is 4.62. The molecule has 1 unspecified atom stereocenters. The van der Waals surface area contributed by atoms with E-state index in [9.17, 15) is 0 Å². The van der Waals surface area contributed by atoms with Gasteiger partial charge in [-0.25, -0.2) is 0 Å². The molecule has 0 saturated heterocycles. The van der Waals surface area contributed by atoms with Crippen molar-refractivity contribution in [1.82, 2.24) is 5.32 Å². The van der Waals surface area contributed by atoms with Crippen molar-refractivity contribution in [3.8, 4) is 0 Å². The lowest BCUT2D eigenvalue weighted by atomic mass is 10.1. The second-order valence-corrected chi connectivity index (χ2v) is 3.95. The summed E-state index contributed by atoms with van der Waals surface area (Å²) in [7, 11) is 0. The van der Waals surface area contributed by atoms with E-state index in [0.29, 0.717) is 6.04 Å². The molecule has 0 saturated carbocycles. The fraction of sp³-hybridized carbons (Fsp3) is 0.417. The van der Waals surface area contributed by atoms with Gasteiger partial charge in [-0.1, -0.05) is 18.2 Å². The molecule has 2 aliphatic rings. The number of nitrogens with zero attached hydrogens (tertiary/aromatic N) is 1. The van der Waals surface area contributed by atoms with Crippen LogP contribution in [0.15, 0.2) is 40.7 Å². The Morgan fingerprint density at radius 1 is 1.43 bits per heavy atom. The number of aliphatic imine (C=N–C) groups is 1. The van der Waals surface area contributed by atoms with Gasteiger partial charge >= 0.3 is 0 Å². The Morgan fingerprint density at radius 3 is 3.14 bits per heavy atom. The van der Waals surface area contributed by atoms with Gasteiger partial charge in [-0.15, -0.1) is 0 Å². The number of hydrogen-bond donors (Lipinski definition) is 1. The molecule has 1 N–H and O–H groups in total. The Labute approximate surface area is 85.1 Å². The minimum Gasteiger partial charge on any atom is -0.384 e. The van der Waals surface area contributed by atoms with E-state index in [4.69, 9.17) is 0 Å². The van der Waals surface area contributed by atoms with Crippen molar-refractivity contribution >= 4 is 5.71 Å². The number of allylic oxidation sites excluding steroid dienone is 4. The highest BCUT2D eigenvalue weighted by Crippen LogP contribution is 2.18. The van der Waals surface area contributed by atoms with Crippen molar-refractivity contribution in [1.29, 1.82) is 0 Å². The molecule has 14 heavy (non-hydrogen) atoms. The van der Waals surface area contributed by atoms with Crippen molar-refractivity contribution in [2.24, 2.45) is 4.99 Å². The van der Waals surface area contributed by atoms with E-state index in [1.54, 1.807) is 0 Å². The van der Waals surface area contributed by atoms with Crippen LogP contribution in [-0.2, 0) is 0 Å². The molecule has 1 aliphatic carbocycles. The van der Waals surface area contributed by atoms with E-state index < -0.39 is 0 Å². The van der Waals surface area contributed by atoms with E-state index in [-0.39, 0.29) is 0 Å². The Balaban J connectivity index is 2.36. The first kappa shape index (κ1) is 9.25. The van der Waals surface area contributed by atoms with Gasteiger partial charge in [0.2, 0.25) is 0 Å². The average Bonchev–Trinajstić information content (AvgIpc) is 2.36. The molecule has 74 valence electrons. The molecule has 2 heteroatoms. The molecular formula is C12H16N2. The molecule has 0 fully saturated rings. The molecule has 0 aromatic heterocycles. The van der Waals surface area contributed by atoms with Gasteiger partial charge in [0.1, 0.15) is 0 Å². The third-order valence-electron chi connectivity index (χ3n) is 2.47. The summed E-state index contributed by atoms with van der Waals surface area (Å²) < 4.78 is 0. The fourth-order valence-corrected chi connectivity index (χ4v) is 1.90. The fourth-order valence-electron chi connectivity index (χ4n) is 1.90. The van der Waals surface area contributed by atoms with Crippen LogP contribution < -0.4 is 5.32 Å². The molecule has 0 radical (unpaired) electrons. The molecular weight excluding hydrogens is 172 g/mol. The van der Waals surface area contributed by atoms with E-state index in [1.165, 1.54) is 11.4 Å². The van der Waals surface area contributed by atoms with Gasteiger partial charge in [0, 0.05) is 30.3 Å². The first-order valence-electron chi connectivity index (χ1n) is 5.13. The second-order valence-electron chi connectivity index (χ2n) is 3.95. The van der Waals surface area contributed by atoms with Crippen LogP contribution in [0.25, 0.3) is 0 Å². The highest BCUT2D eigenvalue weighted by Gasteiger charge is 2.13. The molecule has 0 aromatic rings. The van der Waals surface area contributed by atoms with Crippen molar-refractivity contribution in [2.75, 3.05) is 0 Å². The summed E-state index contributed by atoms with van der Waals surface area (Å²) in [5.74, 6) is 0. The summed E-state index contributed by atoms with van der Waals surface area (Å²) in [6, 6.07) is 0.492. The molecule has 1 heterocycles. The minimum atomic E-state index is 0.492. The van der Waals surface area contributed by atoms with E-state index in [1.807, 2.05) is 0 Å². The topological polar surface area (TPSA) is 24.4 Å². The van der Waals surface area contributed by atoms with Crippen LogP contribution in [0.4, 0.5) is 0 Å². The Hall–Kier alpha value is -1.31. The average molecular weight is 188 g/mol. The number of rotatable bonds is 0. The van der Waals surface area contributed by atoms with Crippen LogP contribution in [0.1, 0.15) is 26.7 Å². The predicted octanol–water partition coefficient (Wildman–Crippen LogP) is 2.56. The zero-order valence-corrected chi connectivity index (χ0v) is 8.75. The van der Waals surface area contributed by atoms with Crippen molar-refractivity contribution < 1.29 is 0 Å². The van der Waals surface area contributed by atoms with E-state index in [2.05, 4.69) is 48.5 Å². The SMILES string of the molecule is CC1=NC2=C(CC=CC=C2)NC(C)C1. The first-order valence-corrected chi connectivity index (χ1v) is 5.13. The Kier molecular flexibility index (Phi) is 2.53. The van der Waals surface area contributed by atoms with Crippen LogP contribution in [0.5, 0.6) is 0 Å². The summed E-state index contributed by atoms with van der Waals surface area (Å²) in [4.78, 5) is 4.62. The Bertz CT molecular complexity index is 345. The summed E-state index contributed by atoms with van der Waals surface area (Å²) in [6.07, 6.45) is 10.4. The van der Waals surface area contributed by atoms with Gasteiger partial charge in [0.15, 0.2) is 0 Å². The van der Waals surface area contributed by atoms with Gasteiger partial charge < -0.3 is 5.32 Å². The van der Waals surface area contributed by atoms with Gasteiger partial charge in [0.05, 0.1) is 5.70 Å². The van der Waals surface area contributed by atoms with Crippen molar-refractivity contribution in [3.05, 3.63) is 35.7 Å². The van der Waals surface area contributed by atoms with Crippen LogP contribution in [0.2, 0.25) is 0 Å². The molecule has 0 spiro atoms. The zero-order valence-electron chi connectivity index (χ0n) is 8.75. The van der Waals surface area contributed by atoms with Gasteiger partial charge in [0.25, 0.3) is 0 Å². The van der Waals surface area contributed by atoms with Crippen LogP contribution in [0.3, 0.4) is 0 Å². The summed E-state index contributed by atoms with van der Waals surface area (Å²) in [5.41, 5.74) is 3.55. The molecule has 2 rings (SSSR count). The van der Waals surface area contributed by atoms with Crippen LogP contribution >= 0.6 is 0 Å². The highest BCUT2D eigenvalue weighted by molar-refractivity contribution is 5.84. The molecule has 0 aromatic carbocycles. The highest BCUT2D eigenvalue weighted by atomic mass is 15.0. The maximum absolute atomic E-state index is 4.62. The minimum absolute atomic E-state index is 0.492. The van der Waals surface area contributed by atoms with Crippen LogP contribution in [-0.4, -0.2) is 11.8 Å². The van der Waals surface area contributed by atoms with Crippen LogP contribution in [0, 0.1) is 0 Å². The monoisotopic (exact) mass is 188 g/mol. The van der Waals surface area contributed by atoms with E-state index in [0.717, 1.165) is 18.5 Å². The number of nitrogens with one attached hydrogen (secondary N) is 1. The van der Waals surface area contributed by atoms with Crippen molar-refractivity contribution in [3.63, 3.8) is 0 Å². The first-order chi connectivity index (χ1) is 6.75. The lowest BCUT2D eigenvalue weighted by molar-refractivity contribution is 0.629. The second kappa shape index (κ2) is 3.82. The Morgan fingerprint density at radius 2 is 2.29 bits per heavy atom. The lowest BCUT2D eigenvalue weighted by Gasteiger charge is -2.14. The molecule has 1 aliphatic heterocycles. The van der Waals surface area contributed by atoms with Gasteiger partial charge in [-0.2, -0.15) is 0 Å². The summed E-state index contributed by atoms with van der Waals surface area (Å²) >= 11 is 0. The molecule has 2 nitrogen and oxygen atoms in total. The molecule has 0 amide bonds. The lowest BCUT2D eigenvalue weighted by Crippen LogP contribution is -2.25. The largest absolute Gasteiger partial charge is 0.384 e. The predicted molar refractivity (Wildman–Crippen MR) is 60.2 cm³/mol. The van der Waals surface area contributed by atoms with Gasteiger partial charge in [-0.05, 0) is 19.9 Å². The third kappa shape index (κ3) is 1.95. The van der Waals surface area contributed by atoms with E-state index >= 15 is 0 Å². The molecule has 1 atom stereocenters. The van der Waals surface area contributed by atoms with Gasteiger partial charge in [-0.3, -0.25) is 4.99 Å². The zero-order chi connectivity index (χ0) is 9.97. The summed E-state index contributed by atoms with van der Waals surface area (Å²) in [6.45, 7) is 4.30. The van der Waals surface area contributed by atoms with Crippen molar-refractivity contribution in [2.45, 2.75) is 32.7 Å². The quantitative estimate of drug-likeness (QED) is 0.620. The third-order valence-corrected chi connectivity index (χ3v) is 2.47. The normalized spacial score (nSPS) is 26.1. The standard InChI is InChI=1S/C12H16N2/c1-9-8-10(2)14-12-7-5-3-4-6-11(12)13-9/h3-6,10,14H,7-8H2,1-2H3. The smallest absolute Gasteiger partial charge is 0.0821 e. The summed E-state index contributed by atoms with van der Waals surface area (Å²) in [5, 5.41) is 3.51.